The van der Waals surface area contributed by atoms with Crippen molar-refractivity contribution in [2.24, 2.45) is 0 Å². The Bertz CT molecular complexity index is 191. The van der Waals surface area contributed by atoms with E-state index in [0.29, 0.717) is 0 Å². The first kappa shape index (κ1) is 7.42. The molecule has 0 saturated heterocycles. The first-order chi connectivity index (χ1) is 4.93. The summed E-state index contributed by atoms with van der Waals surface area (Å²) in [4.78, 5) is 0. The van der Waals surface area contributed by atoms with Crippen LogP contribution in [0.3, 0.4) is 0 Å². The van der Waals surface area contributed by atoms with Crippen LogP contribution in [0.25, 0.3) is 0 Å². The minimum atomic E-state index is 0.999. The summed E-state index contributed by atoms with van der Waals surface area (Å²) in [5.41, 5.74) is 1.36. The number of benzene rings is 1. The third kappa shape index (κ3) is 2.28. The van der Waals surface area contributed by atoms with Crippen LogP contribution < -0.4 is 0 Å². The van der Waals surface area contributed by atoms with Gasteiger partial charge < -0.3 is 0 Å². The van der Waals surface area contributed by atoms with E-state index in [-0.39, 0.29) is 0 Å². The molecule has 0 aromatic heterocycles. The van der Waals surface area contributed by atoms with Gasteiger partial charge in [-0.3, -0.25) is 0 Å². The highest BCUT2D eigenvalue weighted by molar-refractivity contribution is 7.78. The van der Waals surface area contributed by atoms with E-state index < -0.39 is 0 Å². The summed E-state index contributed by atoms with van der Waals surface area (Å²) in [5.74, 6) is 0. The Balaban J connectivity index is 2.50. The minimum Gasteiger partial charge on any atom is -0.0935 e. The van der Waals surface area contributed by atoms with E-state index >= 15 is 0 Å². The zero-order valence-electron chi connectivity index (χ0n) is 5.79. The van der Waals surface area contributed by atoms with E-state index in [4.69, 9.17) is 12.2 Å². The fourth-order valence-electron chi connectivity index (χ4n) is 0.870. The number of aryl methyl sites for hydroxylation is 1. The highest BCUT2D eigenvalue weighted by Gasteiger charge is 1.86. The molecule has 0 radical (unpaired) electrons. The molecular formula is C9H10S. The van der Waals surface area contributed by atoms with Gasteiger partial charge in [0.15, 0.2) is 0 Å². The first-order valence-electron chi connectivity index (χ1n) is 3.41. The molecule has 52 valence electrons. The van der Waals surface area contributed by atoms with E-state index in [9.17, 15) is 0 Å². The molecule has 0 saturated carbocycles. The van der Waals surface area contributed by atoms with Gasteiger partial charge in [-0.1, -0.05) is 42.5 Å². The van der Waals surface area contributed by atoms with Crippen LogP contribution in [0, 0.1) is 0 Å². The molecule has 0 aliphatic heterocycles. The fourth-order valence-corrected chi connectivity index (χ4v) is 0.988. The molecule has 0 bridgehead atoms. The van der Waals surface area contributed by atoms with Crippen LogP contribution in [0.4, 0.5) is 0 Å². The quantitative estimate of drug-likeness (QED) is 0.597. The van der Waals surface area contributed by atoms with Crippen molar-refractivity contribution in [3.63, 3.8) is 0 Å². The summed E-state index contributed by atoms with van der Waals surface area (Å²) in [5, 5.41) is 1.78. The largest absolute Gasteiger partial charge is 0.0935 e. The van der Waals surface area contributed by atoms with E-state index in [1.807, 2.05) is 6.07 Å². The summed E-state index contributed by atoms with van der Waals surface area (Å²) >= 11 is 4.73. The van der Waals surface area contributed by atoms with Crippen molar-refractivity contribution in [1.29, 1.82) is 0 Å². The average molecular weight is 150 g/mol. The monoisotopic (exact) mass is 150 g/mol. The normalized spacial score (nSPS) is 9.20. The molecule has 0 nitrogen and oxygen atoms in total. The molecule has 10 heavy (non-hydrogen) atoms. The highest BCUT2D eigenvalue weighted by atomic mass is 32.1. The second-order valence-electron chi connectivity index (χ2n) is 2.19. The lowest BCUT2D eigenvalue weighted by atomic mass is 10.1. The fraction of sp³-hybridized carbons (Fsp3) is 0.222. The van der Waals surface area contributed by atoms with Crippen LogP contribution in [0.15, 0.2) is 30.3 Å². The summed E-state index contributed by atoms with van der Waals surface area (Å²) in [6.45, 7) is 0. The molecule has 0 amide bonds. The molecule has 0 aliphatic rings. The number of hydrogen-bond donors (Lipinski definition) is 0. The van der Waals surface area contributed by atoms with Crippen LogP contribution in [0.5, 0.6) is 0 Å². The zero-order chi connectivity index (χ0) is 7.23. The Labute approximate surface area is 66.9 Å². The van der Waals surface area contributed by atoms with Gasteiger partial charge in [0.1, 0.15) is 0 Å². The van der Waals surface area contributed by atoms with Crippen LogP contribution >= 0.6 is 12.2 Å². The van der Waals surface area contributed by atoms with Crippen molar-refractivity contribution in [3.05, 3.63) is 35.9 Å². The molecular weight excluding hydrogens is 140 g/mol. The lowest BCUT2D eigenvalue weighted by molar-refractivity contribution is 1.07. The molecule has 1 heteroatoms. The Hall–Kier alpha value is -0.690. The molecule has 0 spiro atoms. The van der Waals surface area contributed by atoms with Crippen molar-refractivity contribution in [1.82, 2.24) is 0 Å². The van der Waals surface area contributed by atoms with E-state index in [1.165, 1.54) is 5.56 Å². The van der Waals surface area contributed by atoms with Gasteiger partial charge in [0, 0.05) is 0 Å². The number of rotatable bonds is 3. The van der Waals surface area contributed by atoms with Gasteiger partial charge in [-0.25, -0.2) is 0 Å². The van der Waals surface area contributed by atoms with Crippen molar-refractivity contribution in [2.45, 2.75) is 12.8 Å². The Morgan fingerprint density at radius 3 is 2.50 bits per heavy atom. The van der Waals surface area contributed by atoms with Gasteiger partial charge >= 0.3 is 0 Å². The standard InChI is InChI=1S/C9H10S/c10-8-4-7-9-5-2-1-3-6-9/h1-3,5-6,8H,4,7H2. The van der Waals surface area contributed by atoms with Gasteiger partial charge in [-0.15, -0.1) is 0 Å². The van der Waals surface area contributed by atoms with Gasteiger partial charge in [-0.05, 0) is 23.8 Å². The second-order valence-corrected chi connectivity index (χ2v) is 2.52. The average Bonchev–Trinajstić information content (AvgIpc) is 2.03. The molecule has 1 aromatic rings. The predicted octanol–water partition coefficient (Wildman–Crippen LogP) is 2.62. The maximum Gasteiger partial charge on any atom is -0.0205 e. The third-order valence-electron chi connectivity index (χ3n) is 1.39. The van der Waals surface area contributed by atoms with Gasteiger partial charge in [0.2, 0.25) is 0 Å². The Morgan fingerprint density at radius 1 is 1.20 bits per heavy atom. The Morgan fingerprint density at radius 2 is 1.90 bits per heavy atom. The van der Waals surface area contributed by atoms with Gasteiger partial charge in [-0.2, -0.15) is 0 Å². The van der Waals surface area contributed by atoms with Crippen LogP contribution in [0.2, 0.25) is 0 Å². The minimum absolute atomic E-state index is 0.999. The molecule has 0 aliphatic carbocycles. The second kappa shape index (κ2) is 4.18. The van der Waals surface area contributed by atoms with E-state index in [1.54, 1.807) is 5.37 Å². The smallest absolute Gasteiger partial charge is 0.0205 e. The van der Waals surface area contributed by atoms with Crippen molar-refractivity contribution >= 4 is 17.6 Å². The van der Waals surface area contributed by atoms with Crippen molar-refractivity contribution in [2.75, 3.05) is 0 Å². The van der Waals surface area contributed by atoms with Crippen LogP contribution in [0.1, 0.15) is 12.0 Å². The van der Waals surface area contributed by atoms with Gasteiger partial charge in [0.25, 0.3) is 0 Å². The molecule has 1 aromatic carbocycles. The molecule has 0 fully saturated rings. The lowest BCUT2D eigenvalue weighted by Crippen LogP contribution is -1.82. The molecule has 0 atom stereocenters. The molecule has 0 unspecified atom stereocenters. The van der Waals surface area contributed by atoms with Crippen LogP contribution in [-0.4, -0.2) is 5.37 Å². The molecule has 0 N–H and O–H groups in total. The summed E-state index contributed by atoms with van der Waals surface area (Å²) in [6, 6.07) is 10.4. The summed E-state index contributed by atoms with van der Waals surface area (Å²) < 4.78 is 0. The number of thiocarbonyl (C=S) groups is 1. The molecule has 1 rings (SSSR count). The highest BCUT2D eigenvalue weighted by Crippen LogP contribution is 2.00. The third-order valence-corrected chi connectivity index (χ3v) is 1.63. The lowest BCUT2D eigenvalue weighted by Gasteiger charge is -1.94. The maximum absolute atomic E-state index is 4.73. The maximum atomic E-state index is 4.73. The topological polar surface area (TPSA) is 0 Å². The van der Waals surface area contributed by atoms with Crippen molar-refractivity contribution < 1.29 is 0 Å². The van der Waals surface area contributed by atoms with Gasteiger partial charge in [0.05, 0.1) is 0 Å². The van der Waals surface area contributed by atoms with Crippen molar-refractivity contribution in [3.8, 4) is 0 Å². The van der Waals surface area contributed by atoms with E-state index in [0.717, 1.165) is 12.8 Å². The van der Waals surface area contributed by atoms with Crippen LogP contribution in [-0.2, 0) is 6.42 Å². The molecule has 0 heterocycles. The summed E-state index contributed by atoms with van der Waals surface area (Å²) in [6.07, 6.45) is 2.07. The van der Waals surface area contributed by atoms with E-state index in [2.05, 4.69) is 24.3 Å². The summed E-state index contributed by atoms with van der Waals surface area (Å²) in [7, 11) is 0. The zero-order valence-corrected chi connectivity index (χ0v) is 6.60. The number of hydrogen-bond acceptors (Lipinski definition) is 1. The first-order valence-corrected chi connectivity index (χ1v) is 3.88. The SMILES string of the molecule is S=CCCc1ccccc1. The predicted molar refractivity (Wildman–Crippen MR) is 48.4 cm³/mol. The Kier molecular flexibility index (Phi) is 3.10.